The third-order valence-electron chi connectivity index (χ3n) is 5.14. The lowest BCUT2D eigenvalue weighted by molar-refractivity contribution is -0.118. The number of hydrogen-bond donors (Lipinski definition) is 2. The van der Waals surface area contributed by atoms with Crippen LogP contribution in [0.15, 0.2) is 85.3 Å². The number of aromatic nitrogens is 3. The summed E-state index contributed by atoms with van der Waals surface area (Å²) >= 11 is 0. The predicted octanol–water partition coefficient (Wildman–Crippen LogP) is 3.99. The molecule has 0 saturated heterocycles. The highest BCUT2D eigenvalue weighted by molar-refractivity contribution is 5.94. The van der Waals surface area contributed by atoms with Gasteiger partial charge < -0.3 is 15.4 Å². The summed E-state index contributed by atoms with van der Waals surface area (Å²) in [5.74, 6) is 1.38. The molecule has 1 amide bonds. The maximum atomic E-state index is 13.1. The van der Waals surface area contributed by atoms with Gasteiger partial charge in [-0.2, -0.15) is 10.4 Å². The van der Waals surface area contributed by atoms with E-state index in [9.17, 15) is 4.79 Å². The Morgan fingerprint density at radius 1 is 1.06 bits per heavy atom. The maximum absolute atomic E-state index is 13.1. The molecule has 2 aromatic heterocycles. The van der Waals surface area contributed by atoms with Gasteiger partial charge in [-0.05, 0) is 41.8 Å². The highest BCUT2D eigenvalue weighted by Crippen LogP contribution is 2.21. The fourth-order valence-electron chi connectivity index (χ4n) is 3.41. The number of nitriles is 1. The van der Waals surface area contributed by atoms with Crippen LogP contribution in [0.5, 0.6) is 11.5 Å². The summed E-state index contributed by atoms with van der Waals surface area (Å²) in [6.07, 6.45) is 5.65. The standard InChI is InChI=1S/C26H24N6O2/c1-32-18-23(17-30-32)34-22-11-12-24(29-16-22)31-26(33)25(21-5-3-2-4-6-21)28-14-13-19-7-9-20(15-27)10-8-19/h2-12,16-18,25,28H,13-14H2,1H3,(H,29,31,33). The molecule has 8 nitrogen and oxygen atoms in total. The van der Waals surface area contributed by atoms with Gasteiger partial charge in [0, 0.05) is 13.6 Å². The highest BCUT2D eigenvalue weighted by atomic mass is 16.5. The molecule has 4 rings (SSSR count). The summed E-state index contributed by atoms with van der Waals surface area (Å²) in [6, 6.07) is 22.0. The van der Waals surface area contributed by atoms with E-state index in [0.29, 0.717) is 29.4 Å². The predicted molar refractivity (Wildman–Crippen MR) is 128 cm³/mol. The van der Waals surface area contributed by atoms with Crippen molar-refractivity contribution >= 4 is 11.7 Å². The molecule has 0 spiro atoms. The molecule has 2 aromatic carbocycles. The van der Waals surface area contributed by atoms with Crippen molar-refractivity contribution in [3.63, 3.8) is 0 Å². The zero-order chi connectivity index (χ0) is 23.8. The number of rotatable bonds is 9. The van der Waals surface area contributed by atoms with E-state index in [1.54, 1.807) is 47.5 Å². The fourth-order valence-corrected chi connectivity index (χ4v) is 3.41. The van der Waals surface area contributed by atoms with E-state index >= 15 is 0 Å². The Balaban J connectivity index is 1.39. The van der Waals surface area contributed by atoms with Crippen molar-refractivity contribution in [3.05, 3.63) is 102 Å². The van der Waals surface area contributed by atoms with Gasteiger partial charge in [0.1, 0.15) is 17.6 Å². The molecule has 1 atom stereocenters. The molecule has 0 saturated carbocycles. The zero-order valence-corrected chi connectivity index (χ0v) is 18.7. The lowest BCUT2D eigenvalue weighted by atomic mass is 10.1. The van der Waals surface area contributed by atoms with Crippen molar-refractivity contribution in [1.82, 2.24) is 20.1 Å². The zero-order valence-electron chi connectivity index (χ0n) is 18.7. The van der Waals surface area contributed by atoms with E-state index in [1.165, 1.54) is 0 Å². The smallest absolute Gasteiger partial charge is 0.247 e. The first-order valence-corrected chi connectivity index (χ1v) is 10.8. The Hall–Kier alpha value is -4.48. The van der Waals surface area contributed by atoms with Crippen molar-refractivity contribution in [2.45, 2.75) is 12.5 Å². The van der Waals surface area contributed by atoms with Crippen molar-refractivity contribution in [2.24, 2.45) is 7.05 Å². The second-order valence-corrected chi connectivity index (χ2v) is 7.68. The minimum Gasteiger partial charge on any atom is -0.452 e. The van der Waals surface area contributed by atoms with Gasteiger partial charge in [0.25, 0.3) is 0 Å². The molecule has 1 unspecified atom stereocenters. The van der Waals surface area contributed by atoms with Crippen LogP contribution in [0.1, 0.15) is 22.7 Å². The third-order valence-corrected chi connectivity index (χ3v) is 5.14. The SMILES string of the molecule is Cn1cc(Oc2ccc(NC(=O)C(NCCc3ccc(C#N)cc3)c3ccccc3)nc2)cn1. The second-order valence-electron chi connectivity index (χ2n) is 7.68. The molecular weight excluding hydrogens is 428 g/mol. The molecule has 0 bridgehead atoms. The van der Waals surface area contributed by atoms with Gasteiger partial charge in [0.05, 0.1) is 30.2 Å². The number of nitrogens with one attached hydrogen (secondary N) is 2. The van der Waals surface area contributed by atoms with Crippen molar-refractivity contribution in [1.29, 1.82) is 5.26 Å². The second kappa shape index (κ2) is 10.9. The molecule has 0 aliphatic carbocycles. The Labute approximate surface area is 197 Å². The molecule has 170 valence electrons. The number of anilines is 1. The first kappa shape index (κ1) is 22.7. The van der Waals surface area contributed by atoms with E-state index in [2.05, 4.69) is 26.8 Å². The highest BCUT2D eigenvalue weighted by Gasteiger charge is 2.20. The van der Waals surface area contributed by atoms with Gasteiger partial charge >= 0.3 is 0 Å². The molecule has 0 fully saturated rings. The van der Waals surface area contributed by atoms with Crippen LogP contribution in [0.2, 0.25) is 0 Å². The summed E-state index contributed by atoms with van der Waals surface area (Å²) in [4.78, 5) is 17.4. The number of ether oxygens (including phenoxy) is 1. The Morgan fingerprint density at radius 3 is 2.50 bits per heavy atom. The average molecular weight is 453 g/mol. The maximum Gasteiger partial charge on any atom is 0.247 e. The topological polar surface area (TPSA) is 105 Å². The molecule has 0 aliphatic heterocycles. The summed E-state index contributed by atoms with van der Waals surface area (Å²) in [5, 5.41) is 19.2. The van der Waals surface area contributed by atoms with Gasteiger partial charge in [-0.25, -0.2) is 4.98 Å². The molecule has 2 N–H and O–H groups in total. The first-order valence-electron chi connectivity index (χ1n) is 10.8. The number of hydrogen-bond acceptors (Lipinski definition) is 6. The lowest BCUT2D eigenvalue weighted by Crippen LogP contribution is -2.34. The van der Waals surface area contributed by atoms with Crippen LogP contribution in [-0.4, -0.2) is 27.2 Å². The molecule has 0 radical (unpaired) electrons. The fraction of sp³-hybridized carbons (Fsp3) is 0.154. The summed E-state index contributed by atoms with van der Waals surface area (Å²) in [5.41, 5.74) is 2.57. The summed E-state index contributed by atoms with van der Waals surface area (Å²) in [7, 11) is 1.81. The Morgan fingerprint density at radius 2 is 1.85 bits per heavy atom. The summed E-state index contributed by atoms with van der Waals surface area (Å²) < 4.78 is 7.35. The van der Waals surface area contributed by atoms with Gasteiger partial charge in [-0.3, -0.25) is 9.48 Å². The van der Waals surface area contributed by atoms with Crippen LogP contribution in [0, 0.1) is 11.3 Å². The lowest BCUT2D eigenvalue weighted by Gasteiger charge is -2.19. The van der Waals surface area contributed by atoms with E-state index in [1.807, 2.05) is 49.5 Å². The molecule has 2 heterocycles. The molecule has 4 aromatic rings. The van der Waals surface area contributed by atoms with Crippen molar-refractivity contribution in [3.8, 4) is 17.6 Å². The largest absolute Gasteiger partial charge is 0.452 e. The number of nitrogens with zero attached hydrogens (tertiary/aromatic N) is 4. The van der Waals surface area contributed by atoms with Crippen molar-refractivity contribution in [2.75, 3.05) is 11.9 Å². The number of carbonyl (C=O) groups is 1. The van der Waals surface area contributed by atoms with E-state index in [-0.39, 0.29) is 5.91 Å². The number of amides is 1. The number of carbonyl (C=O) groups excluding carboxylic acids is 1. The molecular formula is C26H24N6O2. The summed E-state index contributed by atoms with van der Waals surface area (Å²) in [6.45, 7) is 0.587. The van der Waals surface area contributed by atoms with Gasteiger partial charge in [0.2, 0.25) is 5.91 Å². The van der Waals surface area contributed by atoms with Gasteiger partial charge in [-0.15, -0.1) is 0 Å². The number of aryl methyl sites for hydroxylation is 1. The van der Waals surface area contributed by atoms with E-state index < -0.39 is 6.04 Å². The van der Waals surface area contributed by atoms with Gasteiger partial charge in [0.15, 0.2) is 5.75 Å². The van der Waals surface area contributed by atoms with Crippen molar-refractivity contribution < 1.29 is 9.53 Å². The first-order chi connectivity index (χ1) is 16.6. The monoisotopic (exact) mass is 452 g/mol. The average Bonchev–Trinajstić information content (AvgIpc) is 3.28. The minimum atomic E-state index is -0.548. The normalized spacial score (nSPS) is 11.4. The number of benzene rings is 2. The van der Waals surface area contributed by atoms with Crippen LogP contribution in [0.3, 0.4) is 0 Å². The van der Waals surface area contributed by atoms with Crippen LogP contribution in [0.25, 0.3) is 0 Å². The quantitative estimate of drug-likeness (QED) is 0.398. The molecule has 0 aliphatic rings. The van der Waals surface area contributed by atoms with Gasteiger partial charge in [-0.1, -0.05) is 42.5 Å². The molecule has 8 heteroatoms. The van der Waals surface area contributed by atoms with Crippen LogP contribution in [0.4, 0.5) is 5.82 Å². The molecule has 34 heavy (non-hydrogen) atoms. The van der Waals surface area contributed by atoms with E-state index in [0.717, 1.165) is 17.5 Å². The van der Waals surface area contributed by atoms with Crippen LogP contribution in [-0.2, 0) is 18.3 Å². The third kappa shape index (κ3) is 6.06. The van der Waals surface area contributed by atoms with Crippen LogP contribution >= 0.6 is 0 Å². The van der Waals surface area contributed by atoms with Crippen LogP contribution < -0.4 is 15.4 Å². The van der Waals surface area contributed by atoms with E-state index in [4.69, 9.17) is 10.00 Å². The number of pyridine rings is 1. The minimum absolute atomic E-state index is 0.209. The Bertz CT molecular complexity index is 1260. The Kier molecular flexibility index (Phi) is 7.28.